The highest BCUT2D eigenvalue weighted by Gasteiger charge is 2.17. The van der Waals surface area contributed by atoms with Crippen LogP contribution in [0.1, 0.15) is 5.56 Å². The fourth-order valence-corrected chi connectivity index (χ4v) is 3.43. The third kappa shape index (κ3) is 7.41. The van der Waals surface area contributed by atoms with Gasteiger partial charge in [0.25, 0.3) is 11.8 Å². The Morgan fingerprint density at radius 1 is 0.829 bits per heavy atom. The van der Waals surface area contributed by atoms with Gasteiger partial charge >= 0.3 is 0 Å². The molecular weight excluding hydrogens is 446 g/mol. The van der Waals surface area contributed by atoms with E-state index in [4.69, 9.17) is 14.2 Å². The van der Waals surface area contributed by atoms with Crippen LogP contribution in [0, 0.1) is 0 Å². The molecule has 1 fully saturated rings. The maximum absolute atomic E-state index is 12.1. The zero-order chi connectivity index (χ0) is 24.3. The van der Waals surface area contributed by atoms with Gasteiger partial charge in [0.2, 0.25) is 0 Å². The van der Waals surface area contributed by atoms with Gasteiger partial charge in [0, 0.05) is 13.1 Å². The van der Waals surface area contributed by atoms with Crippen LogP contribution in [0.3, 0.4) is 0 Å². The molecule has 4 rings (SSSR count). The third-order valence-corrected chi connectivity index (χ3v) is 5.34. The molecule has 0 radical (unpaired) electrons. The van der Waals surface area contributed by atoms with E-state index in [2.05, 4.69) is 10.5 Å². The summed E-state index contributed by atoms with van der Waals surface area (Å²) in [5, 5.41) is 3.95. The number of morpholine rings is 1. The fraction of sp³-hybridized carbons (Fsp3) is 0.222. The van der Waals surface area contributed by atoms with Crippen molar-refractivity contribution < 1.29 is 23.8 Å². The predicted molar refractivity (Wildman–Crippen MR) is 132 cm³/mol. The van der Waals surface area contributed by atoms with Gasteiger partial charge in [-0.1, -0.05) is 42.5 Å². The number of hydrazone groups is 1. The molecule has 35 heavy (non-hydrogen) atoms. The van der Waals surface area contributed by atoms with Crippen LogP contribution in [0.25, 0.3) is 11.1 Å². The Bertz CT molecular complexity index is 1130. The van der Waals surface area contributed by atoms with Gasteiger partial charge in [0.1, 0.15) is 11.5 Å². The molecule has 1 aliphatic rings. The van der Waals surface area contributed by atoms with Crippen molar-refractivity contribution >= 4 is 18.0 Å². The molecule has 0 aliphatic carbocycles. The Labute approximate surface area is 204 Å². The van der Waals surface area contributed by atoms with E-state index < -0.39 is 0 Å². The first kappa shape index (κ1) is 24.0. The molecule has 3 aromatic rings. The molecule has 1 aliphatic heterocycles. The van der Waals surface area contributed by atoms with Gasteiger partial charge in [0.15, 0.2) is 13.2 Å². The first-order chi connectivity index (χ1) is 17.2. The molecule has 3 aromatic carbocycles. The Kier molecular flexibility index (Phi) is 8.45. The fourth-order valence-electron chi connectivity index (χ4n) is 3.43. The molecule has 8 heteroatoms. The van der Waals surface area contributed by atoms with Gasteiger partial charge in [-0.3, -0.25) is 9.59 Å². The van der Waals surface area contributed by atoms with E-state index in [1.807, 2.05) is 54.6 Å². The number of hydrogen-bond acceptors (Lipinski definition) is 6. The average molecular weight is 474 g/mol. The van der Waals surface area contributed by atoms with E-state index in [9.17, 15) is 9.59 Å². The Morgan fingerprint density at radius 3 is 2.11 bits per heavy atom. The van der Waals surface area contributed by atoms with Gasteiger partial charge in [-0.2, -0.15) is 5.10 Å². The van der Waals surface area contributed by atoms with Gasteiger partial charge in [0.05, 0.1) is 19.4 Å². The summed E-state index contributed by atoms with van der Waals surface area (Å²) in [6.07, 6.45) is 1.52. The molecule has 8 nitrogen and oxygen atoms in total. The van der Waals surface area contributed by atoms with E-state index in [0.29, 0.717) is 37.8 Å². The van der Waals surface area contributed by atoms with E-state index in [-0.39, 0.29) is 25.0 Å². The van der Waals surface area contributed by atoms with Gasteiger partial charge < -0.3 is 19.1 Å². The van der Waals surface area contributed by atoms with Crippen molar-refractivity contribution in [3.63, 3.8) is 0 Å². The number of amides is 2. The van der Waals surface area contributed by atoms with Gasteiger partial charge in [-0.05, 0) is 53.1 Å². The minimum absolute atomic E-state index is 0.0154. The van der Waals surface area contributed by atoms with Crippen LogP contribution in [0.2, 0.25) is 0 Å². The van der Waals surface area contributed by atoms with Crippen LogP contribution in [0.5, 0.6) is 11.5 Å². The summed E-state index contributed by atoms with van der Waals surface area (Å²) in [4.78, 5) is 25.9. The van der Waals surface area contributed by atoms with E-state index in [0.717, 1.165) is 16.7 Å². The second-order valence-electron chi connectivity index (χ2n) is 7.82. The number of nitrogens with zero attached hydrogens (tertiary/aromatic N) is 2. The van der Waals surface area contributed by atoms with E-state index >= 15 is 0 Å². The number of hydrogen-bond donors (Lipinski definition) is 1. The van der Waals surface area contributed by atoms with Crippen molar-refractivity contribution in [2.45, 2.75) is 0 Å². The topological polar surface area (TPSA) is 89.5 Å². The lowest BCUT2D eigenvalue weighted by atomic mass is 10.1. The zero-order valence-corrected chi connectivity index (χ0v) is 19.3. The number of ether oxygens (including phenoxy) is 3. The monoisotopic (exact) mass is 473 g/mol. The summed E-state index contributed by atoms with van der Waals surface area (Å²) in [6.45, 7) is 2.14. The van der Waals surface area contributed by atoms with Crippen molar-refractivity contribution in [2.24, 2.45) is 5.10 Å². The first-order valence-corrected chi connectivity index (χ1v) is 11.4. The van der Waals surface area contributed by atoms with Crippen LogP contribution in [0.4, 0.5) is 0 Å². The first-order valence-electron chi connectivity index (χ1n) is 11.4. The highest BCUT2D eigenvalue weighted by molar-refractivity contribution is 5.83. The maximum atomic E-state index is 12.1. The smallest absolute Gasteiger partial charge is 0.277 e. The molecule has 0 unspecified atom stereocenters. The Morgan fingerprint density at radius 2 is 1.43 bits per heavy atom. The Hall–Kier alpha value is -4.17. The summed E-state index contributed by atoms with van der Waals surface area (Å²) in [5.74, 6) is 0.761. The molecule has 0 aromatic heterocycles. The van der Waals surface area contributed by atoms with Crippen LogP contribution >= 0.6 is 0 Å². The van der Waals surface area contributed by atoms with Crippen LogP contribution in [-0.2, 0) is 14.3 Å². The lowest BCUT2D eigenvalue weighted by molar-refractivity contribution is -0.137. The highest BCUT2D eigenvalue weighted by atomic mass is 16.5. The zero-order valence-electron chi connectivity index (χ0n) is 19.3. The molecule has 1 saturated heterocycles. The normalized spacial score (nSPS) is 13.4. The second kappa shape index (κ2) is 12.3. The second-order valence-corrected chi connectivity index (χ2v) is 7.82. The summed E-state index contributed by atoms with van der Waals surface area (Å²) < 4.78 is 16.3. The molecule has 1 heterocycles. The maximum Gasteiger partial charge on any atom is 0.277 e. The van der Waals surface area contributed by atoms with E-state index in [1.54, 1.807) is 29.2 Å². The predicted octanol–water partition coefficient (Wildman–Crippen LogP) is 3.12. The van der Waals surface area contributed by atoms with Gasteiger partial charge in [-0.15, -0.1) is 0 Å². The number of carbonyl (C=O) groups is 2. The molecule has 0 atom stereocenters. The van der Waals surface area contributed by atoms with Crippen molar-refractivity contribution in [3.8, 4) is 22.6 Å². The van der Waals surface area contributed by atoms with Crippen LogP contribution in [0.15, 0.2) is 84.0 Å². The molecule has 0 spiro atoms. The molecule has 2 amide bonds. The van der Waals surface area contributed by atoms with Crippen molar-refractivity contribution in [1.82, 2.24) is 10.3 Å². The summed E-state index contributed by atoms with van der Waals surface area (Å²) >= 11 is 0. The number of benzene rings is 3. The molecular formula is C27H27N3O5. The average Bonchev–Trinajstić information content (AvgIpc) is 2.92. The molecule has 0 bridgehead atoms. The van der Waals surface area contributed by atoms with Crippen molar-refractivity contribution in [3.05, 3.63) is 84.4 Å². The molecule has 0 saturated carbocycles. The summed E-state index contributed by atoms with van der Waals surface area (Å²) in [7, 11) is 0. The standard InChI is InChI=1S/C27H27N3O5/c31-26(19-34-25-12-8-23(9-13-25)22-4-2-1-3-5-22)29-28-18-21-6-10-24(11-7-21)35-20-27(32)30-14-16-33-17-15-30/h1-13,18H,14-17,19-20H2,(H,29,31)/b28-18+. The number of carbonyl (C=O) groups excluding carboxylic acids is 2. The van der Waals surface area contributed by atoms with Crippen molar-refractivity contribution in [2.75, 3.05) is 39.5 Å². The lowest BCUT2D eigenvalue weighted by Crippen LogP contribution is -2.42. The van der Waals surface area contributed by atoms with Crippen LogP contribution < -0.4 is 14.9 Å². The summed E-state index contributed by atoms with van der Waals surface area (Å²) in [5.41, 5.74) is 5.41. The highest BCUT2D eigenvalue weighted by Crippen LogP contribution is 2.22. The molecule has 180 valence electrons. The largest absolute Gasteiger partial charge is 0.484 e. The van der Waals surface area contributed by atoms with Gasteiger partial charge in [-0.25, -0.2) is 5.43 Å². The SMILES string of the molecule is O=C(COc1ccc(-c2ccccc2)cc1)N/N=C/c1ccc(OCC(=O)N2CCOCC2)cc1. The minimum Gasteiger partial charge on any atom is -0.484 e. The minimum atomic E-state index is -0.366. The van der Waals surface area contributed by atoms with Crippen LogP contribution in [-0.4, -0.2) is 62.4 Å². The Balaban J connectivity index is 1.17. The molecule has 1 N–H and O–H groups in total. The quantitative estimate of drug-likeness (QED) is 0.381. The lowest BCUT2D eigenvalue weighted by Gasteiger charge is -2.26. The number of nitrogens with one attached hydrogen (secondary N) is 1. The summed E-state index contributed by atoms with van der Waals surface area (Å²) in [6, 6.07) is 24.7. The third-order valence-electron chi connectivity index (χ3n) is 5.34. The number of rotatable bonds is 9. The van der Waals surface area contributed by atoms with Crippen molar-refractivity contribution in [1.29, 1.82) is 0 Å². The van der Waals surface area contributed by atoms with E-state index in [1.165, 1.54) is 6.21 Å².